The molecule has 0 aliphatic carbocycles. The number of hydrogen-bond donors (Lipinski definition) is 1. The predicted octanol–water partition coefficient (Wildman–Crippen LogP) is 5.31. The molecule has 1 N–H and O–H groups in total. The number of pyridine rings is 1. The number of rotatable bonds is 3. The van der Waals surface area contributed by atoms with Crippen molar-refractivity contribution in [1.82, 2.24) is 4.98 Å². The molecule has 0 spiro atoms. The minimum Gasteiger partial charge on any atom is -0.377 e. The highest BCUT2D eigenvalue weighted by atomic mass is 14.9. The van der Waals surface area contributed by atoms with Crippen LogP contribution in [0.4, 0.5) is 5.69 Å². The zero-order chi connectivity index (χ0) is 14.5. The van der Waals surface area contributed by atoms with Crippen LogP contribution in [0.2, 0.25) is 0 Å². The van der Waals surface area contributed by atoms with Crippen molar-refractivity contribution in [3.63, 3.8) is 0 Å². The fourth-order valence-corrected chi connectivity index (χ4v) is 1.49. The van der Waals surface area contributed by atoms with Crippen LogP contribution in [-0.4, -0.2) is 4.98 Å². The summed E-state index contributed by atoms with van der Waals surface area (Å²) in [7, 11) is 0. The van der Waals surface area contributed by atoms with E-state index in [1.54, 1.807) is 0 Å². The largest absolute Gasteiger partial charge is 0.377 e. The second-order valence-electron chi connectivity index (χ2n) is 3.49. The summed E-state index contributed by atoms with van der Waals surface area (Å²) >= 11 is 0. The first-order valence-electron chi connectivity index (χ1n) is 7.09. The molecule has 104 valence electrons. The Morgan fingerprint density at radius 2 is 1.42 bits per heavy atom. The van der Waals surface area contributed by atoms with Crippen LogP contribution in [-0.2, 0) is 0 Å². The molecule has 0 fully saturated rings. The van der Waals surface area contributed by atoms with Crippen molar-refractivity contribution in [1.29, 1.82) is 0 Å². The molecule has 2 nitrogen and oxygen atoms in total. The Labute approximate surface area is 117 Å². The number of benzene rings is 1. The van der Waals surface area contributed by atoms with E-state index in [1.165, 1.54) is 0 Å². The van der Waals surface area contributed by atoms with Gasteiger partial charge in [-0.2, -0.15) is 0 Å². The molecule has 19 heavy (non-hydrogen) atoms. The molecule has 0 radical (unpaired) electrons. The maximum Gasteiger partial charge on any atom is 0.0657 e. The standard InChI is InChI=1S/C13H14N2.2C2H6/c1-11(13-9-5-6-10-14-13)15-12-7-3-2-4-8-12;2*1-2/h2-11,15H,1H3;2*1-2H3. The molecule has 1 aromatic heterocycles. The van der Waals surface area contributed by atoms with Gasteiger partial charge in [-0.3, -0.25) is 4.98 Å². The number of nitrogens with zero attached hydrogens (tertiary/aromatic N) is 1. The van der Waals surface area contributed by atoms with Crippen LogP contribution >= 0.6 is 0 Å². The Morgan fingerprint density at radius 1 is 0.842 bits per heavy atom. The van der Waals surface area contributed by atoms with Gasteiger partial charge in [0.05, 0.1) is 11.7 Å². The van der Waals surface area contributed by atoms with Crippen molar-refractivity contribution in [3.05, 3.63) is 60.4 Å². The van der Waals surface area contributed by atoms with Crippen LogP contribution in [0.5, 0.6) is 0 Å². The molecule has 0 bridgehead atoms. The Hall–Kier alpha value is -1.83. The van der Waals surface area contributed by atoms with E-state index in [1.807, 2.05) is 70.3 Å². The van der Waals surface area contributed by atoms with Crippen LogP contribution in [0.1, 0.15) is 46.4 Å². The highest BCUT2D eigenvalue weighted by Crippen LogP contribution is 2.16. The van der Waals surface area contributed by atoms with Gasteiger partial charge in [-0.15, -0.1) is 0 Å². The number of aromatic nitrogens is 1. The highest BCUT2D eigenvalue weighted by Gasteiger charge is 2.04. The van der Waals surface area contributed by atoms with Crippen LogP contribution in [0.3, 0.4) is 0 Å². The van der Waals surface area contributed by atoms with E-state index in [9.17, 15) is 0 Å². The highest BCUT2D eigenvalue weighted by molar-refractivity contribution is 5.44. The lowest BCUT2D eigenvalue weighted by Crippen LogP contribution is -2.07. The van der Waals surface area contributed by atoms with E-state index >= 15 is 0 Å². The third-order valence-corrected chi connectivity index (χ3v) is 2.29. The fraction of sp³-hybridized carbons (Fsp3) is 0.353. The maximum absolute atomic E-state index is 4.31. The van der Waals surface area contributed by atoms with Crippen molar-refractivity contribution < 1.29 is 0 Å². The minimum atomic E-state index is 0.230. The molecule has 0 amide bonds. The molecular formula is C17H26N2. The second-order valence-corrected chi connectivity index (χ2v) is 3.49. The molecule has 2 aromatic rings. The van der Waals surface area contributed by atoms with Crippen molar-refractivity contribution in [3.8, 4) is 0 Å². The topological polar surface area (TPSA) is 24.9 Å². The summed E-state index contributed by atoms with van der Waals surface area (Å²) in [5.41, 5.74) is 2.18. The number of anilines is 1. The summed E-state index contributed by atoms with van der Waals surface area (Å²) in [4.78, 5) is 4.31. The fourth-order valence-electron chi connectivity index (χ4n) is 1.49. The molecule has 1 heterocycles. The first-order valence-corrected chi connectivity index (χ1v) is 7.09. The van der Waals surface area contributed by atoms with Crippen LogP contribution in [0.25, 0.3) is 0 Å². The average molecular weight is 258 g/mol. The summed E-state index contributed by atoms with van der Waals surface area (Å²) in [6, 6.07) is 16.4. The summed E-state index contributed by atoms with van der Waals surface area (Å²) in [6.45, 7) is 10.1. The molecule has 0 saturated heterocycles. The smallest absolute Gasteiger partial charge is 0.0657 e. The molecule has 1 aromatic carbocycles. The van der Waals surface area contributed by atoms with E-state index < -0.39 is 0 Å². The second kappa shape index (κ2) is 11.3. The zero-order valence-electron chi connectivity index (χ0n) is 12.7. The van der Waals surface area contributed by atoms with Gasteiger partial charge in [0.2, 0.25) is 0 Å². The normalized spacial score (nSPS) is 10.2. The van der Waals surface area contributed by atoms with Gasteiger partial charge in [-0.25, -0.2) is 0 Å². The van der Waals surface area contributed by atoms with Gasteiger partial charge in [0.25, 0.3) is 0 Å². The van der Waals surface area contributed by atoms with Crippen LogP contribution in [0, 0.1) is 0 Å². The molecule has 1 atom stereocenters. The lowest BCUT2D eigenvalue weighted by Gasteiger charge is -2.14. The summed E-state index contributed by atoms with van der Waals surface area (Å²) in [5, 5.41) is 3.40. The van der Waals surface area contributed by atoms with E-state index in [2.05, 4.69) is 29.4 Å². The summed E-state index contributed by atoms with van der Waals surface area (Å²) in [6.07, 6.45) is 1.82. The zero-order valence-corrected chi connectivity index (χ0v) is 12.7. The third-order valence-electron chi connectivity index (χ3n) is 2.29. The summed E-state index contributed by atoms with van der Waals surface area (Å²) < 4.78 is 0. The Bertz CT molecular complexity index is 398. The number of para-hydroxylation sites is 1. The van der Waals surface area contributed by atoms with Crippen molar-refractivity contribution in [2.75, 3.05) is 5.32 Å². The van der Waals surface area contributed by atoms with Crippen molar-refractivity contribution >= 4 is 5.69 Å². The Balaban J connectivity index is 0.000000741. The van der Waals surface area contributed by atoms with E-state index in [0.29, 0.717) is 0 Å². The third kappa shape index (κ3) is 6.61. The number of hydrogen-bond acceptors (Lipinski definition) is 2. The molecular weight excluding hydrogens is 232 g/mol. The minimum absolute atomic E-state index is 0.230. The predicted molar refractivity (Wildman–Crippen MR) is 85.4 cm³/mol. The molecule has 1 unspecified atom stereocenters. The summed E-state index contributed by atoms with van der Waals surface area (Å²) in [5.74, 6) is 0. The first kappa shape index (κ1) is 17.2. The van der Waals surface area contributed by atoms with Gasteiger partial charge in [-0.1, -0.05) is 52.0 Å². The van der Waals surface area contributed by atoms with Crippen molar-refractivity contribution in [2.45, 2.75) is 40.7 Å². The first-order chi connectivity index (χ1) is 9.36. The van der Waals surface area contributed by atoms with E-state index in [0.717, 1.165) is 11.4 Å². The lowest BCUT2D eigenvalue weighted by molar-refractivity contribution is 0.839. The van der Waals surface area contributed by atoms with E-state index in [-0.39, 0.29) is 6.04 Å². The molecule has 2 rings (SSSR count). The van der Waals surface area contributed by atoms with Gasteiger partial charge >= 0.3 is 0 Å². The van der Waals surface area contributed by atoms with Gasteiger partial charge in [0.1, 0.15) is 0 Å². The van der Waals surface area contributed by atoms with Gasteiger partial charge in [0.15, 0.2) is 0 Å². The van der Waals surface area contributed by atoms with Gasteiger partial charge < -0.3 is 5.32 Å². The van der Waals surface area contributed by atoms with Crippen LogP contribution < -0.4 is 5.32 Å². The number of nitrogens with one attached hydrogen (secondary N) is 1. The quantitative estimate of drug-likeness (QED) is 0.807. The van der Waals surface area contributed by atoms with E-state index in [4.69, 9.17) is 0 Å². The molecule has 2 heteroatoms. The Morgan fingerprint density at radius 3 is 1.95 bits per heavy atom. The van der Waals surface area contributed by atoms with Gasteiger partial charge in [0, 0.05) is 11.9 Å². The van der Waals surface area contributed by atoms with Gasteiger partial charge in [-0.05, 0) is 31.2 Å². The molecule has 0 saturated carbocycles. The van der Waals surface area contributed by atoms with Crippen molar-refractivity contribution in [2.24, 2.45) is 0 Å². The average Bonchev–Trinajstić information content (AvgIpc) is 2.53. The SMILES string of the molecule is CC.CC.CC(Nc1ccccc1)c1ccccn1. The lowest BCUT2D eigenvalue weighted by atomic mass is 10.2. The Kier molecular flexibility index (Phi) is 10.2. The van der Waals surface area contributed by atoms with Crippen LogP contribution in [0.15, 0.2) is 54.7 Å². The molecule has 0 aliphatic rings. The molecule has 0 aliphatic heterocycles. The maximum atomic E-state index is 4.31. The monoisotopic (exact) mass is 258 g/mol.